The first kappa shape index (κ1) is 43.1. The maximum absolute atomic E-state index is 11.9. The Labute approximate surface area is 301 Å². The van der Waals surface area contributed by atoms with Crippen molar-refractivity contribution in [3.8, 4) is 0 Å². The molecule has 1 aliphatic rings. The van der Waals surface area contributed by atoms with Gasteiger partial charge in [-0.1, -0.05) is 132 Å². The van der Waals surface area contributed by atoms with Crippen molar-refractivity contribution in [1.29, 1.82) is 0 Å². The number of benzene rings is 1. The molecule has 2 atom stereocenters. The monoisotopic (exact) mass is 724 g/mol. The molecular weight excluding hydrogens is 661 g/mol. The number of nitrogens with zero attached hydrogens (tertiary/aromatic N) is 1. The lowest BCUT2D eigenvalue weighted by atomic mass is 10.0. The SMILES string of the molecule is CCCCCCCCCCCCCCCCC[C@@H]1OC[C@@H](COC(=O)NCCCCCC[n+]2ccsc2)O1.Cc1ccc(S(=O)(=O)[O-])cc1. The van der Waals surface area contributed by atoms with Crippen LogP contribution in [0.4, 0.5) is 4.79 Å². The van der Waals surface area contributed by atoms with Gasteiger partial charge in [-0.05, 0) is 44.7 Å². The molecule has 1 N–H and O–H groups in total. The molecule has 1 fully saturated rings. The van der Waals surface area contributed by atoms with E-state index < -0.39 is 10.1 Å². The minimum atomic E-state index is -4.27. The van der Waals surface area contributed by atoms with Crippen LogP contribution in [0.1, 0.15) is 141 Å². The number of alkyl carbamates (subject to hydrolysis) is 1. The molecule has 2 heterocycles. The Balaban J connectivity index is 0.000000639. The molecule has 2 aromatic rings. The second-order valence-electron chi connectivity index (χ2n) is 13.2. The zero-order valence-corrected chi connectivity index (χ0v) is 31.9. The van der Waals surface area contributed by atoms with Crippen LogP contribution < -0.4 is 9.88 Å². The Morgan fingerprint density at radius 3 is 2.02 bits per heavy atom. The average Bonchev–Trinajstić information content (AvgIpc) is 3.78. The maximum atomic E-state index is 11.9. The van der Waals surface area contributed by atoms with Crippen molar-refractivity contribution in [3.05, 3.63) is 46.9 Å². The second-order valence-corrected chi connectivity index (χ2v) is 15.4. The van der Waals surface area contributed by atoms with E-state index in [1.807, 2.05) is 6.92 Å². The molecule has 1 aromatic heterocycles. The minimum absolute atomic E-state index is 0.138. The predicted octanol–water partition coefficient (Wildman–Crippen LogP) is 9.22. The second kappa shape index (κ2) is 27.6. The van der Waals surface area contributed by atoms with Crippen molar-refractivity contribution >= 4 is 27.5 Å². The van der Waals surface area contributed by atoms with Gasteiger partial charge in [0.2, 0.25) is 5.51 Å². The molecule has 0 radical (unpaired) electrons. The maximum Gasteiger partial charge on any atom is 0.407 e. The van der Waals surface area contributed by atoms with Crippen LogP contribution in [-0.2, 0) is 30.9 Å². The van der Waals surface area contributed by atoms with E-state index in [9.17, 15) is 17.8 Å². The van der Waals surface area contributed by atoms with Crippen LogP contribution in [0, 0.1) is 6.92 Å². The number of rotatable bonds is 26. The summed E-state index contributed by atoms with van der Waals surface area (Å²) < 4.78 is 50.4. The molecule has 0 spiro atoms. The van der Waals surface area contributed by atoms with Gasteiger partial charge >= 0.3 is 6.09 Å². The van der Waals surface area contributed by atoms with Crippen molar-refractivity contribution in [2.24, 2.45) is 0 Å². The van der Waals surface area contributed by atoms with E-state index in [4.69, 9.17) is 14.2 Å². The molecule has 280 valence electrons. The fourth-order valence-corrected chi connectivity index (χ4v) is 6.80. The fraction of sp³-hybridized carbons (Fsp3) is 0.737. The van der Waals surface area contributed by atoms with Gasteiger partial charge in [-0.15, -0.1) is 0 Å². The molecule has 1 aliphatic heterocycles. The average molecular weight is 725 g/mol. The summed E-state index contributed by atoms with van der Waals surface area (Å²) >= 11 is 1.72. The number of carbonyl (C=O) groups is 1. The number of nitrogens with one attached hydrogen (secondary N) is 1. The summed E-state index contributed by atoms with van der Waals surface area (Å²) in [7, 11) is -4.27. The topological polar surface area (TPSA) is 118 Å². The normalized spacial score (nSPS) is 15.9. The zero-order chi connectivity index (χ0) is 35.4. The third-order valence-electron chi connectivity index (χ3n) is 8.71. The predicted molar refractivity (Wildman–Crippen MR) is 196 cm³/mol. The Morgan fingerprint density at radius 2 is 1.45 bits per heavy atom. The van der Waals surface area contributed by atoms with Gasteiger partial charge in [-0.2, -0.15) is 4.57 Å². The highest BCUT2D eigenvalue weighted by Crippen LogP contribution is 2.19. The third kappa shape index (κ3) is 23.1. The molecule has 0 aliphatic carbocycles. The van der Waals surface area contributed by atoms with E-state index >= 15 is 0 Å². The van der Waals surface area contributed by atoms with Gasteiger partial charge in [0.15, 0.2) is 12.5 Å². The van der Waals surface area contributed by atoms with Crippen molar-refractivity contribution in [2.75, 3.05) is 19.8 Å². The molecule has 1 aromatic carbocycles. The van der Waals surface area contributed by atoms with E-state index in [1.165, 1.54) is 115 Å². The van der Waals surface area contributed by atoms with Crippen molar-refractivity contribution < 1.29 is 36.5 Å². The molecule has 9 nitrogen and oxygen atoms in total. The number of thiazole rings is 1. The molecule has 1 saturated heterocycles. The van der Waals surface area contributed by atoms with E-state index in [0.717, 1.165) is 37.8 Å². The summed E-state index contributed by atoms with van der Waals surface area (Å²) in [5.74, 6) is 0. The summed E-state index contributed by atoms with van der Waals surface area (Å²) in [4.78, 5) is 11.7. The van der Waals surface area contributed by atoms with Crippen molar-refractivity contribution in [1.82, 2.24) is 5.32 Å². The summed E-state index contributed by atoms with van der Waals surface area (Å²) in [6.07, 6.45) is 27.5. The Kier molecular flexibility index (Phi) is 24.3. The highest BCUT2D eigenvalue weighted by atomic mass is 32.2. The van der Waals surface area contributed by atoms with Crippen LogP contribution >= 0.6 is 11.3 Å². The first-order chi connectivity index (χ1) is 23.8. The summed E-state index contributed by atoms with van der Waals surface area (Å²) in [5, 5.41) is 4.94. The van der Waals surface area contributed by atoms with Crippen molar-refractivity contribution in [2.45, 2.75) is 166 Å². The van der Waals surface area contributed by atoms with Crippen LogP contribution in [0.2, 0.25) is 0 Å². The summed E-state index contributed by atoms with van der Waals surface area (Å²) in [6, 6.07) is 5.78. The molecule has 3 rings (SSSR count). The lowest BCUT2D eigenvalue weighted by molar-refractivity contribution is -0.692. The number of unbranched alkanes of at least 4 members (excludes halogenated alkanes) is 17. The van der Waals surface area contributed by atoms with Crippen LogP contribution in [0.3, 0.4) is 0 Å². The number of ether oxygens (including phenoxy) is 3. The Morgan fingerprint density at radius 1 is 0.878 bits per heavy atom. The number of aryl methyl sites for hydroxylation is 2. The lowest BCUT2D eigenvalue weighted by Gasteiger charge is -2.12. The van der Waals surface area contributed by atoms with Gasteiger partial charge in [0, 0.05) is 13.0 Å². The molecule has 11 heteroatoms. The third-order valence-corrected chi connectivity index (χ3v) is 10.2. The van der Waals surface area contributed by atoms with Crippen LogP contribution in [0.25, 0.3) is 0 Å². The van der Waals surface area contributed by atoms with E-state index in [1.54, 1.807) is 23.5 Å². The number of hydrogen-bond donors (Lipinski definition) is 1. The van der Waals surface area contributed by atoms with Crippen LogP contribution in [0.5, 0.6) is 0 Å². The van der Waals surface area contributed by atoms with Gasteiger partial charge in [-0.25, -0.2) is 13.2 Å². The van der Waals surface area contributed by atoms with Gasteiger partial charge in [0.25, 0.3) is 0 Å². The van der Waals surface area contributed by atoms with Crippen LogP contribution in [0.15, 0.2) is 46.2 Å². The first-order valence-corrected chi connectivity index (χ1v) is 21.2. The van der Waals surface area contributed by atoms with Gasteiger partial charge < -0.3 is 24.1 Å². The van der Waals surface area contributed by atoms with E-state index in [-0.39, 0.29) is 30.0 Å². The summed E-state index contributed by atoms with van der Waals surface area (Å²) in [5.41, 5.74) is 3.07. The Bertz CT molecular complexity index is 1180. The smallest absolute Gasteiger partial charge is 0.407 e. The van der Waals surface area contributed by atoms with E-state index in [0.29, 0.717) is 13.2 Å². The van der Waals surface area contributed by atoms with Crippen LogP contribution in [-0.4, -0.2) is 51.2 Å². The molecule has 1 amide bonds. The van der Waals surface area contributed by atoms with Gasteiger partial charge in [-0.3, -0.25) is 0 Å². The molecule has 49 heavy (non-hydrogen) atoms. The number of aromatic nitrogens is 1. The molecular formula is C38H64N2O7S2. The number of hydrogen-bond acceptors (Lipinski definition) is 8. The highest BCUT2D eigenvalue weighted by Gasteiger charge is 2.26. The summed E-state index contributed by atoms with van der Waals surface area (Å²) in [6.45, 7) is 6.61. The number of amides is 1. The van der Waals surface area contributed by atoms with Gasteiger partial charge in [0.05, 0.1) is 16.9 Å². The standard InChI is InChI=1S/C31H56N2O4S.C7H8O3S/c1-2-3-4-5-6-7-8-9-10-11-12-13-14-15-18-21-30-35-26-29(37-30)27-36-31(34)32-22-19-16-17-20-23-33-24-25-38-28-33;1-6-2-4-7(5-3-6)11(8,9)10/h24-25,28-30H,2-23,26-27H2,1H3;2-5H,1H3,(H,8,9,10)/t29-,30+;/m0./s1. The Hall–Kier alpha value is -2.05. The number of carbonyl (C=O) groups excluding carboxylic acids is 1. The molecule has 0 bridgehead atoms. The fourth-order valence-electron chi connectivity index (χ4n) is 5.71. The largest absolute Gasteiger partial charge is 0.744 e. The first-order valence-electron chi connectivity index (χ1n) is 18.9. The lowest BCUT2D eigenvalue weighted by Crippen LogP contribution is -2.30. The zero-order valence-electron chi connectivity index (χ0n) is 30.3. The molecule has 0 unspecified atom stereocenters. The molecule has 0 saturated carbocycles. The van der Waals surface area contributed by atoms with E-state index in [2.05, 4.69) is 33.9 Å². The minimum Gasteiger partial charge on any atom is -0.744 e. The highest BCUT2D eigenvalue weighted by molar-refractivity contribution is 7.85. The van der Waals surface area contributed by atoms with Crippen molar-refractivity contribution in [3.63, 3.8) is 0 Å². The van der Waals surface area contributed by atoms with Gasteiger partial charge in [0.1, 0.15) is 29.4 Å². The quantitative estimate of drug-likeness (QED) is 0.0584.